The van der Waals surface area contributed by atoms with Crippen LogP contribution in [0.15, 0.2) is 267 Å². The Bertz CT molecular complexity index is 8210. The van der Waals surface area contributed by atoms with Gasteiger partial charge in [-0.25, -0.2) is 97.3 Å². The lowest BCUT2D eigenvalue weighted by atomic mass is 10.1. The van der Waals surface area contributed by atoms with Gasteiger partial charge in [0.15, 0.2) is 0 Å². The number of nitrogen functional groups attached to an aromatic ring is 1. The van der Waals surface area contributed by atoms with Crippen LogP contribution >= 0.6 is 46.4 Å². The molecule has 16 heterocycles. The number of anilines is 4. The second-order valence-corrected chi connectivity index (χ2v) is 36.7. The van der Waals surface area contributed by atoms with Crippen molar-refractivity contribution in [1.29, 1.82) is 0 Å². The van der Waals surface area contributed by atoms with Gasteiger partial charge in [0.1, 0.15) is 93.1 Å². The van der Waals surface area contributed by atoms with Crippen LogP contribution in [0.1, 0.15) is 93.4 Å². The highest BCUT2D eigenvalue weighted by Gasteiger charge is 2.38. The van der Waals surface area contributed by atoms with Crippen molar-refractivity contribution in [3.63, 3.8) is 0 Å². The van der Waals surface area contributed by atoms with E-state index in [4.69, 9.17) is 101 Å². The van der Waals surface area contributed by atoms with Crippen LogP contribution in [0, 0.1) is 23.3 Å². The number of halogens is 8. The average Bonchev–Trinajstić information content (AvgIpc) is 1.61. The minimum Gasteiger partial charge on any atom is -0.474 e. The van der Waals surface area contributed by atoms with Gasteiger partial charge in [-0.1, -0.05) is 126 Å². The lowest BCUT2D eigenvalue weighted by molar-refractivity contribution is 0.248. The minimum absolute atomic E-state index is 0.00552. The maximum absolute atomic E-state index is 13.7. The van der Waals surface area contributed by atoms with Gasteiger partial charge in [0.2, 0.25) is 47.3 Å². The lowest BCUT2D eigenvalue weighted by Crippen LogP contribution is -2.16. The molecule has 0 amide bonds. The molecule has 20 aromatic rings. The zero-order valence-electron chi connectivity index (χ0n) is 79.0. The van der Waals surface area contributed by atoms with E-state index in [0.717, 1.165) is 210 Å². The average molecular weight is 2030 g/mol. The van der Waals surface area contributed by atoms with Gasteiger partial charge < -0.3 is 58.9 Å². The Morgan fingerprint density at radius 3 is 0.870 bits per heavy atom. The van der Waals surface area contributed by atoms with Crippen molar-refractivity contribution in [2.24, 2.45) is 0 Å². The number of para-hydroxylation sites is 4. The first kappa shape index (κ1) is 96.0. The molecule has 0 saturated heterocycles. The van der Waals surface area contributed by atoms with Crippen LogP contribution in [0.5, 0.6) is 23.5 Å². The highest BCUT2D eigenvalue weighted by molar-refractivity contribution is 6.33. The molecule has 12 aromatic heterocycles. The number of ether oxygens (including phenoxy) is 4. The number of nitrogens with zero attached hydrogens (tertiary/aromatic N) is 20. The molecule has 146 heavy (non-hydrogen) atoms. The number of benzene rings is 8. The highest BCUT2D eigenvalue weighted by Crippen LogP contribution is 2.47. The van der Waals surface area contributed by atoms with Crippen molar-refractivity contribution >= 4 is 114 Å². The third-order valence-corrected chi connectivity index (χ3v) is 26.7. The molecule has 4 unspecified atom stereocenters. The van der Waals surface area contributed by atoms with Crippen LogP contribution in [0.3, 0.4) is 0 Å². The third kappa shape index (κ3) is 20.5. The predicted octanol–water partition coefficient (Wildman–Crippen LogP) is 24.5. The topological polar surface area (TPSA) is 325 Å². The number of nitrogens with one attached hydrogen (secondary N) is 3. The summed E-state index contributed by atoms with van der Waals surface area (Å²) in [5, 5.41) is 15.1. The third-order valence-electron chi connectivity index (χ3n) is 25.6. The Balaban J connectivity index is 0.000000114. The smallest absolute Gasteiger partial charge is 0.233 e. The van der Waals surface area contributed by atoms with Gasteiger partial charge in [-0.3, -0.25) is 0 Å². The molecule has 4 aliphatic rings. The van der Waals surface area contributed by atoms with E-state index >= 15 is 0 Å². The molecule has 732 valence electrons. The Morgan fingerprint density at radius 2 is 0.589 bits per heavy atom. The maximum atomic E-state index is 13.7. The second kappa shape index (κ2) is 42.8. The van der Waals surface area contributed by atoms with E-state index in [2.05, 4.69) is 91.0 Å². The zero-order chi connectivity index (χ0) is 100. The molecule has 0 aliphatic carbocycles. The van der Waals surface area contributed by atoms with Gasteiger partial charge in [-0.05, 0) is 209 Å². The fraction of sp³-hybridized carbons (Fsp3) is 0.200. The van der Waals surface area contributed by atoms with Crippen LogP contribution in [0.2, 0.25) is 20.1 Å². The quantitative estimate of drug-likeness (QED) is 0.0366. The molecule has 8 aromatic carbocycles. The van der Waals surface area contributed by atoms with E-state index in [0.29, 0.717) is 106 Å². The SMILES string of the molecule is CCCNc1nccc(-c2c(-c3ccc(F)cc3)nc3n2C(COc2nc4ccccc4cc2Cl)CC3)n1.CCNc1nccc(-c2c(-c3ccc(F)cc3)nc3n2C(COc2nc4ccccc4cc2Cl)CC3)n1.CNc1nccc(-c2c(-c3ccc(F)cc3)nc3n2C(COc2nc4ccccc4cc2Cl)CC3)n1.Nc1nccc(-c2c(-c3ccc(F)cc3)nc3n2C(COc2nc4ccccc4cc2Cl)CC3)n1. The minimum atomic E-state index is -0.306. The monoisotopic (exact) mass is 2030 g/mol. The van der Waals surface area contributed by atoms with Crippen LogP contribution in [-0.4, -0.2) is 145 Å². The fourth-order valence-electron chi connectivity index (χ4n) is 18.8. The van der Waals surface area contributed by atoms with Crippen molar-refractivity contribution in [2.75, 3.05) is 68.2 Å². The summed E-state index contributed by atoms with van der Waals surface area (Å²) in [5.41, 5.74) is 21.6. The van der Waals surface area contributed by atoms with E-state index in [9.17, 15) is 17.6 Å². The van der Waals surface area contributed by atoms with Crippen LogP contribution in [0.4, 0.5) is 41.4 Å². The van der Waals surface area contributed by atoms with Crippen molar-refractivity contribution < 1.29 is 36.5 Å². The molecule has 0 radical (unpaired) electrons. The normalized spacial score (nSPS) is 14.7. The lowest BCUT2D eigenvalue weighted by Gasteiger charge is -2.18. The fourth-order valence-corrected chi connectivity index (χ4v) is 19.7. The molecule has 36 heteroatoms. The van der Waals surface area contributed by atoms with Crippen molar-refractivity contribution in [1.82, 2.24) is 98.0 Å². The van der Waals surface area contributed by atoms with E-state index in [1.54, 1.807) is 86.4 Å². The summed E-state index contributed by atoms with van der Waals surface area (Å²) in [5.74, 6) is 5.91. The predicted molar refractivity (Wildman–Crippen MR) is 560 cm³/mol. The summed E-state index contributed by atoms with van der Waals surface area (Å²) < 4.78 is 88.0. The van der Waals surface area contributed by atoms with E-state index < -0.39 is 0 Å². The summed E-state index contributed by atoms with van der Waals surface area (Å²) >= 11 is 26.0. The molecule has 0 fully saturated rings. The first-order valence-corrected chi connectivity index (χ1v) is 49.3. The second-order valence-electron chi connectivity index (χ2n) is 35.1. The van der Waals surface area contributed by atoms with Crippen molar-refractivity contribution in [3.05, 3.63) is 334 Å². The zero-order valence-corrected chi connectivity index (χ0v) is 82.0. The molecule has 5 N–H and O–H groups in total. The van der Waals surface area contributed by atoms with E-state index in [-0.39, 0.29) is 53.4 Å². The number of nitrogens with two attached hydrogens (primary N) is 1. The molecule has 0 saturated carbocycles. The molecule has 0 bridgehead atoms. The molecule has 0 spiro atoms. The molecular weight excluding hydrogens is 1940 g/mol. The Kier molecular flexibility index (Phi) is 28.1. The van der Waals surface area contributed by atoms with Crippen LogP contribution in [0.25, 0.3) is 134 Å². The number of pyridine rings is 4. The number of hydrogen-bond donors (Lipinski definition) is 4. The maximum Gasteiger partial charge on any atom is 0.233 e. The van der Waals surface area contributed by atoms with Crippen LogP contribution in [-0.2, 0) is 25.7 Å². The Labute approximate surface area is 855 Å². The molecule has 24 rings (SSSR count). The number of imidazole rings is 4. The van der Waals surface area contributed by atoms with Gasteiger partial charge >= 0.3 is 0 Å². The summed E-state index contributed by atoms with van der Waals surface area (Å²) in [6.07, 6.45) is 14.3. The Hall–Kier alpha value is -16.2. The standard InChI is InChI=1S/C29H26ClFN6O.C28H24ClFN6O.C27H22ClFN6O.C26H20ClFN6O/c1-2-14-32-29-33-15-13-24(35-29)27-26(18-7-9-20(31)10-8-18)36-25-12-11-21(37(25)27)17-38-28-22(30)16-19-5-3-4-6-23(19)34-28;1-2-31-28-32-14-13-23(34-28)26-25(17-7-9-19(30)10-8-17)35-24-12-11-20(36(24)26)16-37-27-21(29)15-18-5-3-4-6-22(18)33-27;1-30-27-31-13-12-22(33-27)25-24(16-6-8-18(29)9-7-16)34-23-11-10-19(35(23)25)15-36-26-20(28)14-17-4-2-3-5-21(17)32-26;27-19-13-16-3-1-2-4-20(16)31-25(19)35-14-18-9-10-22-33-23(15-5-7-17(28)8-6-15)24(34(18)22)21-11-12-30-26(29)32-21/h3-10,13,15-16,21H,2,11-12,14,17H2,1H3,(H,32,33,35);3-10,13-15,20H,2,11-12,16H2,1H3,(H,31,32,34);2-9,12-14,19H,10-11,15H2,1H3,(H,30,31,33);1-8,11-13,18H,9-10,14H2,(H2,29,30,32). The van der Waals surface area contributed by atoms with Gasteiger partial charge in [-0.15, -0.1) is 0 Å². The number of rotatable bonds is 26. The summed E-state index contributed by atoms with van der Waals surface area (Å²) in [7, 11) is 1.78. The summed E-state index contributed by atoms with van der Waals surface area (Å²) in [4.78, 5) is 73.9. The number of aromatic nitrogens is 20. The summed E-state index contributed by atoms with van der Waals surface area (Å²) in [6.45, 7) is 7.03. The highest BCUT2D eigenvalue weighted by atomic mass is 35.5. The first-order valence-electron chi connectivity index (χ1n) is 47.8. The first-order chi connectivity index (χ1) is 71.4. The number of hydrogen-bond acceptors (Lipinski definition) is 24. The molecule has 28 nitrogen and oxygen atoms in total. The number of fused-ring (bicyclic) bond motifs is 8. The van der Waals surface area contributed by atoms with Crippen LogP contribution < -0.4 is 40.6 Å². The summed E-state index contributed by atoms with van der Waals surface area (Å²) in [6, 6.07) is 71.4. The molecular formula is C110H92Cl4F4N24O4. The van der Waals surface area contributed by atoms with Gasteiger partial charge in [-0.2, -0.15) is 0 Å². The van der Waals surface area contributed by atoms with Gasteiger partial charge in [0.05, 0.1) is 115 Å². The van der Waals surface area contributed by atoms with E-state index in [1.165, 1.54) is 48.5 Å². The Morgan fingerprint density at radius 1 is 0.322 bits per heavy atom. The van der Waals surface area contributed by atoms with Gasteiger partial charge in [0.25, 0.3) is 0 Å². The largest absolute Gasteiger partial charge is 0.474 e. The van der Waals surface area contributed by atoms with E-state index in [1.807, 2.05) is 146 Å². The van der Waals surface area contributed by atoms with Crippen molar-refractivity contribution in [3.8, 4) is 114 Å². The number of aryl methyl sites for hydroxylation is 4. The molecule has 4 aliphatic heterocycles. The van der Waals surface area contributed by atoms with Gasteiger partial charge in [0, 0.05) is 114 Å². The molecule has 4 atom stereocenters. The van der Waals surface area contributed by atoms with Crippen molar-refractivity contribution in [2.45, 2.75) is 95.8 Å².